The number of fused-ring (bicyclic) bond motifs is 2. The molecule has 31 heavy (non-hydrogen) atoms. The first-order valence-corrected chi connectivity index (χ1v) is 10.2. The zero-order chi connectivity index (χ0) is 21.8. The van der Waals surface area contributed by atoms with Crippen LogP contribution in [0.4, 0.5) is 4.79 Å². The van der Waals surface area contributed by atoms with Gasteiger partial charge in [0.1, 0.15) is 5.76 Å². The normalized spacial score (nSPS) is 15.2. The van der Waals surface area contributed by atoms with E-state index in [2.05, 4.69) is 17.6 Å². The highest BCUT2D eigenvalue weighted by Gasteiger charge is 2.26. The van der Waals surface area contributed by atoms with Crippen LogP contribution in [-0.2, 0) is 28.9 Å². The lowest BCUT2D eigenvalue weighted by Gasteiger charge is -2.24. The number of aromatic nitrogens is 1. The van der Waals surface area contributed by atoms with Gasteiger partial charge in [0.05, 0.1) is 23.9 Å². The summed E-state index contributed by atoms with van der Waals surface area (Å²) in [6.07, 6.45) is 4.04. The van der Waals surface area contributed by atoms with Crippen molar-refractivity contribution >= 4 is 28.8 Å². The van der Waals surface area contributed by atoms with Crippen LogP contribution in [0, 0.1) is 5.92 Å². The summed E-state index contributed by atoms with van der Waals surface area (Å²) < 4.78 is 10.4. The Labute approximate surface area is 179 Å². The number of hydrogen-bond acceptors (Lipinski definition) is 6. The highest BCUT2D eigenvalue weighted by Crippen LogP contribution is 2.31. The standard InChI is InChI=1S/C23H23N3O5/c1-14-8-9-19-17(11-14)21(16-6-2-3-7-18(16)25-19)22(28)31-13-20(27)26-23(29)24-12-15-5-4-10-30-15/h2-7,10,14H,8-9,11-13H2,1H3,(H2,24,26,27,29)/t14-/m1/s1. The second kappa shape index (κ2) is 8.99. The molecule has 1 aromatic carbocycles. The molecular weight excluding hydrogens is 398 g/mol. The van der Waals surface area contributed by atoms with Crippen LogP contribution >= 0.6 is 0 Å². The van der Waals surface area contributed by atoms with E-state index in [1.165, 1.54) is 6.26 Å². The number of benzene rings is 1. The SMILES string of the molecule is C[C@@H]1CCc2nc3ccccc3c(C(=O)OCC(=O)NC(=O)NCc3ccco3)c2C1. The topological polar surface area (TPSA) is 111 Å². The summed E-state index contributed by atoms with van der Waals surface area (Å²) in [7, 11) is 0. The zero-order valence-electron chi connectivity index (χ0n) is 17.1. The van der Waals surface area contributed by atoms with E-state index in [0.29, 0.717) is 22.6 Å². The Balaban J connectivity index is 1.43. The highest BCUT2D eigenvalue weighted by atomic mass is 16.5. The Kier molecular flexibility index (Phi) is 5.97. The number of nitrogens with zero attached hydrogens (tertiary/aromatic N) is 1. The van der Waals surface area contributed by atoms with Gasteiger partial charge in [0.15, 0.2) is 6.61 Å². The lowest BCUT2D eigenvalue weighted by Crippen LogP contribution is -2.41. The van der Waals surface area contributed by atoms with Gasteiger partial charge in [-0.1, -0.05) is 25.1 Å². The number of para-hydroxylation sites is 1. The molecule has 1 aliphatic rings. The lowest BCUT2D eigenvalue weighted by molar-refractivity contribution is -0.123. The molecule has 1 atom stereocenters. The van der Waals surface area contributed by atoms with Crippen molar-refractivity contribution in [3.05, 3.63) is 65.2 Å². The molecule has 2 heterocycles. The molecule has 1 aliphatic carbocycles. The minimum Gasteiger partial charge on any atom is -0.467 e. The van der Waals surface area contributed by atoms with E-state index in [0.717, 1.165) is 36.0 Å². The predicted octanol–water partition coefficient (Wildman–Crippen LogP) is 3.14. The first kappa shape index (κ1) is 20.6. The summed E-state index contributed by atoms with van der Waals surface area (Å²) >= 11 is 0. The van der Waals surface area contributed by atoms with Gasteiger partial charge in [0, 0.05) is 11.1 Å². The van der Waals surface area contributed by atoms with Crippen LogP contribution in [0.15, 0.2) is 47.1 Å². The molecule has 0 radical (unpaired) electrons. The number of esters is 1. The Hall–Kier alpha value is -3.68. The molecule has 0 spiro atoms. The van der Waals surface area contributed by atoms with E-state index in [1.54, 1.807) is 12.1 Å². The van der Waals surface area contributed by atoms with Crippen LogP contribution < -0.4 is 10.6 Å². The van der Waals surface area contributed by atoms with Gasteiger partial charge >= 0.3 is 12.0 Å². The molecule has 0 bridgehead atoms. The summed E-state index contributed by atoms with van der Waals surface area (Å²) in [5.74, 6) is -0.318. The summed E-state index contributed by atoms with van der Waals surface area (Å²) in [6, 6.07) is 10.1. The van der Waals surface area contributed by atoms with Crippen molar-refractivity contribution in [2.45, 2.75) is 32.7 Å². The molecule has 3 amide bonds. The number of imide groups is 1. The monoisotopic (exact) mass is 421 g/mol. The van der Waals surface area contributed by atoms with Crippen LogP contribution in [0.3, 0.4) is 0 Å². The van der Waals surface area contributed by atoms with Gasteiger partial charge in [0.2, 0.25) is 0 Å². The van der Waals surface area contributed by atoms with E-state index in [1.807, 2.05) is 24.3 Å². The number of carbonyl (C=O) groups excluding carboxylic acids is 3. The minimum absolute atomic E-state index is 0.138. The van der Waals surface area contributed by atoms with Crippen molar-refractivity contribution in [2.24, 2.45) is 5.92 Å². The lowest BCUT2D eigenvalue weighted by atomic mass is 9.84. The maximum Gasteiger partial charge on any atom is 0.339 e. The van der Waals surface area contributed by atoms with Crippen molar-refractivity contribution in [3.8, 4) is 0 Å². The van der Waals surface area contributed by atoms with Crippen LogP contribution in [0.2, 0.25) is 0 Å². The number of carbonyl (C=O) groups is 3. The van der Waals surface area contributed by atoms with Crippen molar-refractivity contribution < 1.29 is 23.5 Å². The second-order valence-electron chi connectivity index (χ2n) is 7.66. The molecule has 0 fully saturated rings. The zero-order valence-corrected chi connectivity index (χ0v) is 17.1. The number of nitrogens with one attached hydrogen (secondary N) is 2. The average molecular weight is 421 g/mol. The first-order valence-electron chi connectivity index (χ1n) is 10.2. The number of ether oxygens (including phenoxy) is 1. The van der Waals surface area contributed by atoms with E-state index in [9.17, 15) is 14.4 Å². The molecule has 0 saturated carbocycles. The first-order chi connectivity index (χ1) is 15.0. The predicted molar refractivity (Wildman–Crippen MR) is 112 cm³/mol. The smallest absolute Gasteiger partial charge is 0.339 e. The van der Waals surface area contributed by atoms with Gasteiger partial charge in [-0.25, -0.2) is 9.59 Å². The Morgan fingerprint density at radius 1 is 1.19 bits per heavy atom. The van der Waals surface area contributed by atoms with Gasteiger partial charge in [-0.05, 0) is 48.9 Å². The van der Waals surface area contributed by atoms with E-state index >= 15 is 0 Å². The molecule has 4 rings (SSSR count). The van der Waals surface area contributed by atoms with Crippen molar-refractivity contribution in [3.63, 3.8) is 0 Å². The molecule has 0 saturated heterocycles. The van der Waals surface area contributed by atoms with Crippen molar-refractivity contribution in [2.75, 3.05) is 6.61 Å². The fourth-order valence-electron chi connectivity index (χ4n) is 3.79. The van der Waals surface area contributed by atoms with E-state index in [-0.39, 0.29) is 6.54 Å². The van der Waals surface area contributed by atoms with Crippen LogP contribution in [0.25, 0.3) is 10.9 Å². The molecule has 8 heteroatoms. The Bertz CT molecular complexity index is 1120. The quantitative estimate of drug-likeness (QED) is 0.613. The van der Waals surface area contributed by atoms with Crippen LogP contribution in [0.5, 0.6) is 0 Å². The second-order valence-corrected chi connectivity index (χ2v) is 7.66. The molecule has 0 aliphatic heterocycles. The number of aryl methyl sites for hydroxylation is 1. The van der Waals surface area contributed by atoms with E-state index in [4.69, 9.17) is 14.1 Å². The minimum atomic E-state index is -0.717. The fourth-order valence-corrected chi connectivity index (χ4v) is 3.79. The van der Waals surface area contributed by atoms with E-state index < -0.39 is 24.5 Å². The summed E-state index contributed by atoms with van der Waals surface area (Å²) in [5, 5.41) is 5.33. The Morgan fingerprint density at radius 3 is 2.84 bits per heavy atom. The molecule has 0 unspecified atom stereocenters. The molecular formula is C23H23N3O5. The number of furan rings is 1. The summed E-state index contributed by atoms with van der Waals surface area (Å²) in [4.78, 5) is 41.6. The number of hydrogen-bond donors (Lipinski definition) is 2. The number of rotatable bonds is 5. The molecule has 3 aromatic rings. The van der Waals surface area contributed by atoms with Crippen molar-refractivity contribution in [1.29, 1.82) is 0 Å². The number of pyridine rings is 1. The molecule has 2 aromatic heterocycles. The average Bonchev–Trinajstić information content (AvgIpc) is 3.28. The molecule has 160 valence electrons. The highest BCUT2D eigenvalue weighted by molar-refractivity contribution is 6.06. The van der Waals surface area contributed by atoms with Crippen LogP contribution in [-0.4, -0.2) is 29.5 Å². The van der Waals surface area contributed by atoms with Gasteiger partial charge in [-0.3, -0.25) is 15.1 Å². The number of amides is 3. The third-order valence-corrected chi connectivity index (χ3v) is 5.30. The third-order valence-electron chi connectivity index (χ3n) is 5.30. The third kappa shape index (κ3) is 4.74. The van der Waals surface area contributed by atoms with Gasteiger partial charge in [-0.2, -0.15) is 0 Å². The summed E-state index contributed by atoms with van der Waals surface area (Å²) in [6.45, 7) is 1.72. The molecule has 2 N–H and O–H groups in total. The maximum atomic E-state index is 13.0. The van der Waals surface area contributed by atoms with Gasteiger partial charge < -0.3 is 14.5 Å². The fraction of sp³-hybridized carbons (Fsp3) is 0.304. The summed E-state index contributed by atoms with van der Waals surface area (Å²) in [5.41, 5.74) is 2.98. The Morgan fingerprint density at radius 2 is 2.03 bits per heavy atom. The van der Waals surface area contributed by atoms with Crippen molar-refractivity contribution in [1.82, 2.24) is 15.6 Å². The van der Waals surface area contributed by atoms with Gasteiger partial charge in [0.25, 0.3) is 5.91 Å². The van der Waals surface area contributed by atoms with Crippen LogP contribution in [0.1, 0.15) is 40.7 Å². The maximum absolute atomic E-state index is 13.0. The molecule has 8 nitrogen and oxygen atoms in total. The largest absolute Gasteiger partial charge is 0.467 e. The van der Waals surface area contributed by atoms with Gasteiger partial charge in [-0.15, -0.1) is 0 Å². The number of urea groups is 1.